The van der Waals surface area contributed by atoms with Gasteiger partial charge in [-0.1, -0.05) is 0 Å². The highest BCUT2D eigenvalue weighted by atomic mass is 32.2. The summed E-state index contributed by atoms with van der Waals surface area (Å²) in [4.78, 5) is 24.1. The molecule has 1 heterocycles. The van der Waals surface area contributed by atoms with Crippen LogP contribution >= 0.6 is 0 Å². The molecular weight excluding hydrogens is 268 g/mol. The first-order valence-electron chi connectivity index (χ1n) is 6.56. The van der Waals surface area contributed by atoms with Gasteiger partial charge >= 0.3 is 5.97 Å². The number of aliphatic carboxylic acids is 1. The third-order valence-corrected chi connectivity index (χ3v) is 4.52. The number of carboxylic acids is 1. The number of carbonyl (C=O) groups is 2. The van der Waals surface area contributed by atoms with Crippen molar-refractivity contribution in [3.63, 3.8) is 0 Å². The van der Waals surface area contributed by atoms with Crippen LogP contribution in [0, 0.1) is 0 Å². The van der Waals surface area contributed by atoms with E-state index in [9.17, 15) is 13.8 Å². The van der Waals surface area contributed by atoms with E-state index in [-0.39, 0.29) is 5.75 Å². The molecule has 0 radical (unpaired) electrons. The number of rotatable bonds is 8. The first kappa shape index (κ1) is 16.1. The summed E-state index contributed by atoms with van der Waals surface area (Å²) in [6, 6.07) is -1.05. The van der Waals surface area contributed by atoms with Gasteiger partial charge in [-0.3, -0.25) is 9.00 Å². The first-order valence-corrected chi connectivity index (χ1v) is 8.05. The second-order valence-corrected chi connectivity index (χ2v) is 6.43. The van der Waals surface area contributed by atoms with Crippen LogP contribution in [0.15, 0.2) is 0 Å². The second kappa shape index (κ2) is 8.27. The van der Waals surface area contributed by atoms with E-state index in [1.54, 1.807) is 0 Å². The number of nitrogens with zero attached hydrogens (tertiary/aromatic N) is 1. The van der Waals surface area contributed by atoms with Crippen molar-refractivity contribution in [2.24, 2.45) is 0 Å². The molecule has 0 aromatic carbocycles. The van der Waals surface area contributed by atoms with Gasteiger partial charge in [0.1, 0.15) is 6.04 Å². The molecule has 1 aliphatic heterocycles. The lowest BCUT2D eigenvalue weighted by molar-refractivity contribution is -0.140. The van der Waals surface area contributed by atoms with Crippen LogP contribution in [0.4, 0.5) is 0 Å². The molecule has 6 nitrogen and oxygen atoms in total. The summed E-state index contributed by atoms with van der Waals surface area (Å²) in [6.07, 6.45) is 3.26. The monoisotopic (exact) mass is 290 g/mol. The Bertz CT molecular complexity index is 343. The largest absolute Gasteiger partial charge is 0.480 e. The molecule has 0 bridgehead atoms. The first-order chi connectivity index (χ1) is 8.99. The molecule has 19 heavy (non-hydrogen) atoms. The fourth-order valence-electron chi connectivity index (χ4n) is 2.14. The van der Waals surface area contributed by atoms with Crippen molar-refractivity contribution in [2.75, 3.05) is 31.1 Å². The van der Waals surface area contributed by atoms with Crippen molar-refractivity contribution in [3.8, 4) is 0 Å². The van der Waals surface area contributed by atoms with Crippen molar-refractivity contribution in [3.05, 3.63) is 0 Å². The average Bonchev–Trinajstić information content (AvgIpc) is 2.80. The number of carbonyl (C=O) groups excluding carboxylic acids is 1. The van der Waals surface area contributed by atoms with Crippen LogP contribution in [0.25, 0.3) is 0 Å². The van der Waals surface area contributed by atoms with Crippen LogP contribution in [-0.2, 0) is 20.4 Å². The predicted octanol–water partition coefficient (Wildman–Crippen LogP) is -0.190. The molecule has 0 spiro atoms. The van der Waals surface area contributed by atoms with Crippen LogP contribution < -0.4 is 5.32 Å². The Balaban J connectivity index is 2.23. The lowest BCUT2D eigenvalue weighted by Crippen LogP contribution is -2.43. The van der Waals surface area contributed by atoms with Crippen molar-refractivity contribution >= 4 is 22.7 Å². The third-order valence-electron chi connectivity index (χ3n) is 3.07. The zero-order chi connectivity index (χ0) is 14.3. The molecule has 0 saturated carbocycles. The van der Waals surface area contributed by atoms with Gasteiger partial charge in [-0.25, -0.2) is 4.79 Å². The molecule has 110 valence electrons. The molecule has 1 saturated heterocycles. The third kappa shape index (κ3) is 6.68. The lowest BCUT2D eigenvalue weighted by Gasteiger charge is -2.15. The summed E-state index contributed by atoms with van der Waals surface area (Å²) >= 11 is 0. The summed E-state index contributed by atoms with van der Waals surface area (Å²) in [5, 5.41) is 11.2. The molecule has 0 aliphatic carbocycles. The Hall–Kier alpha value is -0.950. The maximum absolute atomic E-state index is 11.8. The molecule has 1 rings (SSSR count). The Morgan fingerprint density at radius 3 is 2.53 bits per heavy atom. The van der Waals surface area contributed by atoms with Gasteiger partial charge in [-0.15, -0.1) is 0 Å². The number of hydrogen-bond donors (Lipinski definition) is 2. The van der Waals surface area contributed by atoms with Crippen LogP contribution in [0.2, 0.25) is 0 Å². The number of carboxylic acid groups (broad SMARTS) is 1. The van der Waals surface area contributed by atoms with E-state index in [0.29, 0.717) is 5.75 Å². The summed E-state index contributed by atoms with van der Waals surface area (Å²) in [5.74, 6) is -1.08. The number of nitrogens with one attached hydrogen (secondary N) is 1. The highest BCUT2D eigenvalue weighted by molar-refractivity contribution is 7.85. The SMILES string of the molecule is CC(=O)NC(CS(=O)CCCN1CCCC1)C(=O)O. The molecule has 0 aromatic rings. The molecule has 0 aromatic heterocycles. The van der Waals surface area contributed by atoms with E-state index in [0.717, 1.165) is 26.1 Å². The highest BCUT2D eigenvalue weighted by Gasteiger charge is 2.21. The Kier molecular flexibility index (Phi) is 7.01. The minimum Gasteiger partial charge on any atom is -0.480 e. The zero-order valence-corrected chi connectivity index (χ0v) is 12.1. The summed E-state index contributed by atoms with van der Waals surface area (Å²) in [6.45, 7) is 4.39. The Labute approximate surface area is 116 Å². The second-order valence-electron chi connectivity index (χ2n) is 4.80. The molecule has 1 aliphatic rings. The van der Waals surface area contributed by atoms with E-state index in [1.165, 1.54) is 19.8 Å². The van der Waals surface area contributed by atoms with Crippen LogP contribution in [0.3, 0.4) is 0 Å². The van der Waals surface area contributed by atoms with Gasteiger partial charge < -0.3 is 15.3 Å². The van der Waals surface area contributed by atoms with E-state index in [1.807, 2.05) is 0 Å². The fraction of sp³-hybridized carbons (Fsp3) is 0.833. The lowest BCUT2D eigenvalue weighted by atomic mass is 10.3. The predicted molar refractivity (Wildman–Crippen MR) is 73.4 cm³/mol. The van der Waals surface area contributed by atoms with E-state index < -0.39 is 28.7 Å². The van der Waals surface area contributed by atoms with Crippen molar-refractivity contribution < 1.29 is 18.9 Å². The van der Waals surface area contributed by atoms with E-state index >= 15 is 0 Å². The van der Waals surface area contributed by atoms with Gasteiger partial charge in [-0.2, -0.15) is 0 Å². The van der Waals surface area contributed by atoms with Gasteiger partial charge in [0.15, 0.2) is 0 Å². The molecule has 1 amide bonds. The van der Waals surface area contributed by atoms with Crippen LogP contribution in [-0.4, -0.2) is 63.3 Å². The summed E-state index contributed by atoms with van der Waals surface area (Å²) in [5.41, 5.74) is 0. The normalized spacial score (nSPS) is 19.0. The van der Waals surface area contributed by atoms with Gasteiger partial charge in [0, 0.05) is 23.5 Å². The summed E-state index contributed by atoms with van der Waals surface area (Å²) in [7, 11) is -1.21. The molecule has 2 N–H and O–H groups in total. The quantitative estimate of drug-likeness (QED) is 0.647. The molecular formula is C12H22N2O4S. The van der Waals surface area contributed by atoms with Gasteiger partial charge in [-0.05, 0) is 38.9 Å². The van der Waals surface area contributed by atoms with Gasteiger partial charge in [0.05, 0.1) is 5.75 Å². The minimum atomic E-state index is -1.21. The van der Waals surface area contributed by atoms with E-state index in [2.05, 4.69) is 10.2 Å². The van der Waals surface area contributed by atoms with Crippen LogP contribution in [0.5, 0.6) is 0 Å². The molecule has 7 heteroatoms. The number of amides is 1. The topological polar surface area (TPSA) is 86.7 Å². The van der Waals surface area contributed by atoms with Gasteiger partial charge in [0.25, 0.3) is 0 Å². The molecule has 2 atom stereocenters. The maximum atomic E-state index is 11.8. The summed E-state index contributed by atoms with van der Waals surface area (Å²) < 4.78 is 11.8. The zero-order valence-electron chi connectivity index (χ0n) is 11.3. The maximum Gasteiger partial charge on any atom is 0.327 e. The fourth-order valence-corrected chi connectivity index (χ4v) is 3.36. The van der Waals surface area contributed by atoms with Crippen molar-refractivity contribution in [1.82, 2.24) is 10.2 Å². The van der Waals surface area contributed by atoms with Crippen molar-refractivity contribution in [1.29, 1.82) is 0 Å². The Morgan fingerprint density at radius 2 is 2.00 bits per heavy atom. The smallest absolute Gasteiger partial charge is 0.327 e. The number of likely N-dealkylation sites (tertiary alicyclic amines) is 1. The van der Waals surface area contributed by atoms with Crippen molar-refractivity contribution in [2.45, 2.75) is 32.2 Å². The van der Waals surface area contributed by atoms with E-state index in [4.69, 9.17) is 5.11 Å². The highest BCUT2D eigenvalue weighted by Crippen LogP contribution is 2.07. The number of hydrogen-bond acceptors (Lipinski definition) is 4. The minimum absolute atomic E-state index is 0.0189. The standard InChI is InChI=1S/C12H22N2O4S/c1-10(15)13-11(12(16)17)9-19(18)8-4-7-14-5-2-3-6-14/h11H,2-9H2,1H3,(H,13,15)(H,16,17). The molecule has 2 unspecified atom stereocenters. The Morgan fingerprint density at radius 1 is 1.37 bits per heavy atom. The van der Waals surface area contributed by atoms with Crippen LogP contribution in [0.1, 0.15) is 26.2 Å². The average molecular weight is 290 g/mol. The molecule has 1 fully saturated rings. The van der Waals surface area contributed by atoms with Gasteiger partial charge in [0.2, 0.25) is 5.91 Å².